The second kappa shape index (κ2) is 5.37. The number of hydrogen-bond acceptors (Lipinski definition) is 3. The zero-order valence-corrected chi connectivity index (χ0v) is 13.6. The van der Waals surface area contributed by atoms with Crippen molar-refractivity contribution in [2.24, 2.45) is 0 Å². The molecule has 2 aliphatic rings. The first kappa shape index (κ1) is 14.4. The van der Waals surface area contributed by atoms with Crippen LogP contribution < -0.4 is 14.8 Å². The maximum Gasteiger partial charge on any atom is 0.184 e. The maximum absolute atomic E-state index is 6.33. The highest BCUT2D eigenvalue weighted by Gasteiger charge is 2.47. The maximum atomic E-state index is 6.33. The Labute approximate surface area is 131 Å². The van der Waals surface area contributed by atoms with E-state index < -0.39 is 0 Å². The summed E-state index contributed by atoms with van der Waals surface area (Å²) in [6.45, 7) is 7.82. The van der Waals surface area contributed by atoms with Crippen LogP contribution in [0.25, 0.3) is 0 Å². The van der Waals surface area contributed by atoms with Crippen molar-refractivity contribution in [3.8, 4) is 11.5 Å². The van der Waals surface area contributed by atoms with Crippen LogP contribution in [-0.4, -0.2) is 28.9 Å². The van der Waals surface area contributed by atoms with Gasteiger partial charge in [0.2, 0.25) is 0 Å². The number of hydrogen-bond donors (Lipinski definition) is 1. The van der Waals surface area contributed by atoms with Gasteiger partial charge in [-0.25, -0.2) is 0 Å². The van der Waals surface area contributed by atoms with E-state index in [0.29, 0.717) is 6.61 Å². The summed E-state index contributed by atoms with van der Waals surface area (Å²) in [5, 5.41) is 4.24. The van der Waals surface area contributed by atoms with Gasteiger partial charge in [0.15, 0.2) is 10.8 Å². The zero-order valence-electron chi connectivity index (χ0n) is 12.8. The Bertz CT molecular complexity index is 563. The van der Waals surface area contributed by atoms with Crippen molar-refractivity contribution in [1.82, 2.24) is 10.2 Å². The van der Waals surface area contributed by atoms with Crippen molar-refractivity contribution in [2.75, 3.05) is 13.2 Å². The highest BCUT2D eigenvalue weighted by atomic mass is 32.1. The molecule has 21 heavy (non-hydrogen) atoms. The summed E-state index contributed by atoms with van der Waals surface area (Å²) in [6.07, 6.45) is 1.94. The van der Waals surface area contributed by atoms with Crippen LogP contribution in [0.1, 0.15) is 45.2 Å². The van der Waals surface area contributed by atoms with Crippen molar-refractivity contribution in [1.29, 1.82) is 0 Å². The van der Waals surface area contributed by atoms with Gasteiger partial charge in [-0.15, -0.1) is 0 Å². The van der Waals surface area contributed by atoms with E-state index >= 15 is 0 Å². The second-order valence-electron chi connectivity index (χ2n) is 5.77. The predicted octanol–water partition coefficient (Wildman–Crippen LogP) is 3.23. The summed E-state index contributed by atoms with van der Waals surface area (Å²) in [4.78, 5) is 2.16. The number of thiocarbonyl (C=S) groups is 1. The fourth-order valence-corrected chi connectivity index (χ4v) is 3.64. The minimum Gasteiger partial charge on any atom is -0.494 e. The molecule has 0 aromatic heterocycles. The third kappa shape index (κ3) is 2.44. The molecule has 0 spiro atoms. The molecule has 1 aromatic rings. The topological polar surface area (TPSA) is 33.7 Å². The van der Waals surface area contributed by atoms with Gasteiger partial charge < -0.3 is 19.7 Å². The molecule has 0 aliphatic carbocycles. The largest absolute Gasteiger partial charge is 0.494 e. The molecule has 0 amide bonds. The van der Waals surface area contributed by atoms with E-state index in [0.717, 1.165) is 41.6 Å². The average molecular weight is 306 g/mol. The molecule has 1 fully saturated rings. The minimum absolute atomic E-state index is 0.218. The first-order valence-corrected chi connectivity index (χ1v) is 8.02. The van der Waals surface area contributed by atoms with Crippen LogP contribution in [0.3, 0.4) is 0 Å². The molecule has 5 heteroatoms. The lowest BCUT2D eigenvalue weighted by Gasteiger charge is -2.52. The van der Waals surface area contributed by atoms with Crippen LogP contribution >= 0.6 is 12.2 Å². The Morgan fingerprint density at radius 2 is 2.29 bits per heavy atom. The van der Waals surface area contributed by atoms with Gasteiger partial charge in [-0.3, -0.25) is 0 Å². The standard InChI is InChI=1S/C16H22N2O2S/c1-4-8-18-15(21)17-13-10-16(18,3)20-14-9-11(19-5-2)6-7-12(13)14/h6-7,9,13H,4-5,8,10H2,1-3H3,(H,17,21). The van der Waals surface area contributed by atoms with Crippen LogP contribution in [-0.2, 0) is 0 Å². The molecule has 4 nitrogen and oxygen atoms in total. The number of ether oxygens (including phenoxy) is 2. The molecule has 2 heterocycles. The highest BCUT2D eigenvalue weighted by Crippen LogP contribution is 2.45. The zero-order chi connectivity index (χ0) is 15.0. The van der Waals surface area contributed by atoms with Crippen molar-refractivity contribution >= 4 is 17.3 Å². The van der Waals surface area contributed by atoms with Crippen molar-refractivity contribution in [3.63, 3.8) is 0 Å². The van der Waals surface area contributed by atoms with E-state index in [-0.39, 0.29) is 11.8 Å². The van der Waals surface area contributed by atoms with Gasteiger partial charge in [0.05, 0.1) is 12.6 Å². The van der Waals surface area contributed by atoms with Crippen molar-refractivity contribution in [2.45, 2.75) is 45.4 Å². The highest BCUT2D eigenvalue weighted by molar-refractivity contribution is 7.80. The number of benzene rings is 1. The lowest BCUT2D eigenvalue weighted by Crippen LogP contribution is -2.64. The van der Waals surface area contributed by atoms with E-state index in [9.17, 15) is 0 Å². The first-order valence-electron chi connectivity index (χ1n) is 7.61. The predicted molar refractivity (Wildman–Crippen MR) is 86.7 cm³/mol. The molecule has 2 aliphatic heterocycles. The molecule has 0 radical (unpaired) electrons. The summed E-state index contributed by atoms with van der Waals surface area (Å²) in [6, 6.07) is 6.28. The van der Waals surface area contributed by atoms with Gasteiger partial charge >= 0.3 is 0 Å². The minimum atomic E-state index is -0.374. The van der Waals surface area contributed by atoms with Gasteiger partial charge in [-0.2, -0.15) is 0 Å². The van der Waals surface area contributed by atoms with E-state index in [1.807, 2.05) is 19.1 Å². The van der Waals surface area contributed by atoms with E-state index in [1.165, 1.54) is 0 Å². The lowest BCUT2D eigenvalue weighted by atomic mass is 9.90. The summed E-state index contributed by atoms with van der Waals surface area (Å²) < 4.78 is 11.9. The Kier molecular flexibility index (Phi) is 3.69. The third-order valence-electron chi connectivity index (χ3n) is 4.15. The Hall–Kier alpha value is -1.49. The van der Waals surface area contributed by atoms with Crippen LogP contribution in [0.15, 0.2) is 18.2 Å². The molecule has 1 N–H and O–H groups in total. The molecule has 1 saturated heterocycles. The summed E-state index contributed by atoms with van der Waals surface area (Å²) in [7, 11) is 0. The second-order valence-corrected chi connectivity index (χ2v) is 6.15. The van der Waals surface area contributed by atoms with Gasteiger partial charge in [0.1, 0.15) is 11.5 Å². The van der Waals surface area contributed by atoms with Crippen molar-refractivity contribution in [3.05, 3.63) is 23.8 Å². The van der Waals surface area contributed by atoms with Crippen molar-refractivity contribution < 1.29 is 9.47 Å². The van der Waals surface area contributed by atoms with E-state index in [2.05, 4.69) is 30.1 Å². The van der Waals surface area contributed by atoms with Crippen LogP contribution in [0.2, 0.25) is 0 Å². The number of nitrogens with zero attached hydrogens (tertiary/aromatic N) is 1. The Morgan fingerprint density at radius 1 is 1.48 bits per heavy atom. The molecule has 2 atom stereocenters. The molecular formula is C16H22N2O2S. The van der Waals surface area contributed by atoms with E-state index in [4.69, 9.17) is 21.7 Å². The van der Waals surface area contributed by atoms with Crippen LogP contribution in [0.4, 0.5) is 0 Å². The molecular weight excluding hydrogens is 284 g/mol. The SMILES string of the molecule is CCCN1C(=S)NC2CC1(C)Oc1cc(OCC)ccc12. The van der Waals surface area contributed by atoms with Gasteiger partial charge in [0.25, 0.3) is 0 Å². The average Bonchev–Trinajstić information content (AvgIpc) is 2.43. The summed E-state index contributed by atoms with van der Waals surface area (Å²) in [5.41, 5.74) is 0.787. The molecule has 2 unspecified atom stereocenters. The summed E-state index contributed by atoms with van der Waals surface area (Å²) >= 11 is 5.53. The van der Waals surface area contributed by atoms with Gasteiger partial charge in [-0.05, 0) is 44.6 Å². The molecule has 0 saturated carbocycles. The monoisotopic (exact) mass is 306 g/mol. The number of fused-ring (bicyclic) bond motifs is 4. The number of nitrogens with one attached hydrogen (secondary N) is 1. The Morgan fingerprint density at radius 3 is 3.00 bits per heavy atom. The fraction of sp³-hybridized carbons (Fsp3) is 0.562. The molecule has 3 rings (SSSR count). The number of rotatable bonds is 4. The first-order chi connectivity index (χ1) is 10.1. The molecule has 2 bridgehead atoms. The van der Waals surface area contributed by atoms with Gasteiger partial charge in [0, 0.05) is 24.6 Å². The normalized spacial score (nSPS) is 26.7. The summed E-state index contributed by atoms with van der Waals surface area (Å²) in [5.74, 6) is 1.75. The smallest absolute Gasteiger partial charge is 0.184 e. The molecule has 1 aromatic carbocycles. The van der Waals surface area contributed by atoms with Crippen LogP contribution in [0.5, 0.6) is 11.5 Å². The van der Waals surface area contributed by atoms with E-state index in [1.54, 1.807) is 0 Å². The van der Waals surface area contributed by atoms with Gasteiger partial charge in [-0.1, -0.05) is 6.92 Å². The van der Waals surface area contributed by atoms with Crippen LogP contribution in [0, 0.1) is 0 Å². The Balaban J connectivity index is 1.97. The quantitative estimate of drug-likeness (QED) is 0.864. The molecule has 114 valence electrons. The third-order valence-corrected chi connectivity index (χ3v) is 4.48. The lowest BCUT2D eigenvalue weighted by molar-refractivity contribution is -0.0681. The fourth-order valence-electron chi connectivity index (χ4n) is 3.21.